The molecule has 27 heavy (non-hydrogen) atoms. The number of hydrogen-bond acceptors (Lipinski definition) is 2. The van der Waals surface area contributed by atoms with E-state index in [1.807, 2.05) is 18.2 Å². The molecule has 1 heterocycles. The largest absolute Gasteiger partial charge is 0.349 e. The Hall–Kier alpha value is -1.65. The van der Waals surface area contributed by atoms with Crippen LogP contribution in [0.5, 0.6) is 0 Å². The summed E-state index contributed by atoms with van der Waals surface area (Å²) in [6.07, 6.45) is 10.1. The smallest absolute Gasteiger partial charge is 0.141 e. The monoisotopic (exact) mass is 397 g/mol. The molecule has 0 aromatic heterocycles. The number of thioether (sulfide) groups is 1. The van der Waals surface area contributed by atoms with Crippen molar-refractivity contribution in [2.24, 2.45) is 0 Å². The molecule has 0 spiro atoms. The highest BCUT2D eigenvalue weighted by Crippen LogP contribution is 2.36. The van der Waals surface area contributed by atoms with E-state index in [9.17, 15) is 4.39 Å². The molecule has 0 unspecified atom stereocenters. The van der Waals surface area contributed by atoms with Gasteiger partial charge in [-0.25, -0.2) is 4.39 Å². The quantitative estimate of drug-likeness (QED) is 0.410. The third kappa shape index (κ3) is 4.61. The van der Waals surface area contributed by atoms with Gasteiger partial charge < -0.3 is 4.90 Å². The maximum Gasteiger partial charge on any atom is 0.141 e. The van der Waals surface area contributed by atoms with E-state index in [0.717, 1.165) is 27.6 Å². The van der Waals surface area contributed by atoms with Gasteiger partial charge in [-0.1, -0.05) is 80.0 Å². The molecular weight excluding hydrogens is 373 g/mol. The summed E-state index contributed by atoms with van der Waals surface area (Å²) in [7, 11) is 0. The molecule has 2 aliphatic rings. The van der Waals surface area contributed by atoms with Crippen LogP contribution in [0.3, 0.4) is 0 Å². The van der Waals surface area contributed by atoms with Crippen LogP contribution in [0.2, 0.25) is 0 Å². The van der Waals surface area contributed by atoms with Crippen LogP contribution in [0.25, 0.3) is 17.2 Å². The fourth-order valence-corrected chi connectivity index (χ4v) is 5.51. The zero-order valence-electron chi connectivity index (χ0n) is 15.4. The molecule has 2 aromatic rings. The first kappa shape index (κ1) is 18.7. The van der Waals surface area contributed by atoms with Crippen molar-refractivity contribution in [1.82, 2.24) is 4.90 Å². The van der Waals surface area contributed by atoms with E-state index in [2.05, 4.69) is 23.1 Å². The normalized spacial score (nSPS) is 20.3. The number of hydrogen-bond donors (Lipinski definition) is 0. The van der Waals surface area contributed by atoms with Crippen molar-refractivity contribution in [2.75, 3.05) is 6.54 Å². The molecule has 0 radical (unpaired) electrons. The van der Waals surface area contributed by atoms with Crippen LogP contribution in [0.4, 0.5) is 4.39 Å². The minimum absolute atomic E-state index is 0.202. The van der Waals surface area contributed by atoms with E-state index < -0.39 is 0 Å². The fraction of sp³-hybridized carbons (Fsp3) is 0.348. The highest BCUT2D eigenvalue weighted by Gasteiger charge is 2.29. The summed E-state index contributed by atoms with van der Waals surface area (Å²) in [5.74, 6) is -0.202. The second kappa shape index (κ2) is 8.57. The van der Waals surface area contributed by atoms with Crippen molar-refractivity contribution >= 4 is 34.4 Å². The zero-order chi connectivity index (χ0) is 18.6. The standard InChI is InChI=1S/C23H24FNS2/c24-20-10-6-9-19(15-20)18-8-5-7-17(13-18)14-22-16-25(23(26)27-22)21-11-3-1-2-4-12-21/h5-10,13-15,21H,1-4,11-12,16H2/b22-14-. The Labute approximate surface area is 170 Å². The van der Waals surface area contributed by atoms with E-state index >= 15 is 0 Å². The fourth-order valence-electron chi connectivity index (χ4n) is 4.02. The molecule has 4 rings (SSSR count). The van der Waals surface area contributed by atoms with Crippen LogP contribution in [-0.4, -0.2) is 21.8 Å². The van der Waals surface area contributed by atoms with Gasteiger partial charge in [0.1, 0.15) is 10.1 Å². The molecular formula is C23H24FNS2. The lowest BCUT2D eigenvalue weighted by Crippen LogP contribution is -2.34. The number of rotatable bonds is 3. The van der Waals surface area contributed by atoms with Crippen LogP contribution in [0, 0.1) is 5.82 Å². The number of benzene rings is 2. The molecule has 0 N–H and O–H groups in total. The molecule has 4 heteroatoms. The molecule has 1 aliphatic heterocycles. The average molecular weight is 398 g/mol. The summed E-state index contributed by atoms with van der Waals surface area (Å²) in [6, 6.07) is 15.7. The van der Waals surface area contributed by atoms with Crippen molar-refractivity contribution in [3.8, 4) is 11.1 Å². The third-order valence-corrected chi connectivity index (χ3v) is 6.82. The van der Waals surface area contributed by atoms with E-state index in [-0.39, 0.29) is 5.82 Å². The van der Waals surface area contributed by atoms with Gasteiger partial charge in [-0.3, -0.25) is 0 Å². The minimum Gasteiger partial charge on any atom is -0.349 e. The zero-order valence-corrected chi connectivity index (χ0v) is 17.0. The van der Waals surface area contributed by atoms with Gasteiger partial charge in [0.15, 0.2) is 0 Å². The molecule has 0 bridgehead atoms. The van der Waals surface area contributed by atoms with Crippen LogP contribution >= 0.6 is 24.0 Å². The Kier molecular flexibility index (Phi) is 5.94. The summed E-state index contributed by atoms with van der Waals surface area (Å²) in [5.41, 5.74) is 3.09. The van der Waals surface area contributed by atoms with Crippen molar-refractivity contribution in [2.45, 2.75) is 44.6 Å². The van der Waals surface area contributed by atoms with Gasteiger partial charge in [0.2, 0.25) is 0 Å². The third-order valence-electron chi connectivity index (χ3n) is 5.42. The Balaban J connectivity index is 1.52. The summed E-state index contributed by atoms with van der Waals surface area (Å²) < 4.78 is 14.6. The first-order chi connectivity index (χ1) is 13.2. The molecule has 0 amide bonds. The molecule has 140 valence electrons. The highest BCUT2D eigenvalue weighted by atomic mass is 32.2. The predicted molar refractivity (Wildman–Crippen MR) is 118 cm³/mol. The van der Waals surface area contributed by atoms with Gasteiger partial charge in [0, 0.05) is 10.9 Å². The Morgan fingerprint density at radius 1 is 0.963 bits per heavy atom. The molecule has 1 aliphatic carbocycles. The van der Waals surface area contributed by atoms with Gasteiger partial charge in [0.25, 0.3) is 0 Å². The molecule has 2 aromatic carbocycles. The topological polar surface area (TPSA) is 3.24 Å². The van der Waals surface area contributed by atoms with Crippen molar-refractivity contribution in [3.05, 3.63) is 64.8 Å². The van der Waals surface area contributed by atoms with E-state index in [1.54, 1.807) is 23.9 Å². The summed E-state index contributed by atoms with van der Waals surface area (Å²) >= 11 is 7.41. The lowest BCUT2D eigenvalue weighted by molar-refractivity contribution is 0.318. The summed E-state index contributed by atoms with van der Waals surface area (Å²) in [5, 5.41) is 0. The van der Waals surface area contributed by atoms with Crippen molar-refractivity contribution in [3.63, 3.8) is 0 Å². The van der Waals surface area contributed by atoms with Gasteiger partial charge in [0.05, 0.1) is 6.54 Å². The maximum atomic E-state index is 13.5. The maximum absolute atomic E-state index is 13.5. The van der Waals surface area contributed by atoms with E-state index in [1.165, 1.54) is 49.5 Å². The van der Waals surface area contributed by atoms with Gasteiger partial charge >= 0.3 is 0 Å². The first-order valence-corrected chi connectivity index (χ1v) is 11.0. The van der Waals surface area contributed by atoms with Gasteiger partial charge in [-0.2, -0.15) is 0 Å². The van der Waals surface area contributed by atoms with Gasteiger partial charge in [-0.05, 0) is 53.8 Å². The Morgan fingerprint density at radius 2 is 1.67 bits per heavy atom. The van der Waals surface area contributed by atoms with Crippen LogP contribution in [0.15, 0.2) is 53.4 Å². The van der Waals surface area contributed by atoms with Crippen molar-refractivity contribution in [1.29, 1.82) is 0 Å². The Bertz CT molecular complexity index is 853. The lowest BCUT2D eigenvalue weighted by atomic mass is 10.0. The minimum atomic E-state index is -0.202. The summed E-state index contributed by atoms with van der Waals surface area (Å²) in [6.45, 7) is 0.929. The number of nitrogens with zero attached hydrogens (tertiary/aromatic N) is 1. The van der Waals surface area contributed by atoms with Crippen molar-refractivity contribution < 1.29 is 4.39 Å². The SMILES string of the molecule is Fc1cccc(-c2cccc(/C=C3/CN(C4CCCCCC4)C(=S)S3)c2)c1. The predicted octanol–water partition coefficient (Wildman–Crippen LogP) is 6.89. The second-order valence-corrected chi connectivity index (χ2v) is 9.15. The molecule has 2 fully saturated rings. The van der Waals surface area contributed by atoms with E-state index in [4.69, 9.17) is 12.2 Å². The van der Waals surface area contributed by atoms with Crippen LogP contribution < -0.4 is 0 Å². The van der Waals surface area contributed by atoms with Crippen LogP contribution in [-0.2, 0) is 0 Å². The average Bonchev–Trinajstić information content (AvgIpc) is 2.86. The first-order valence-electron chi connectivity index (χ1n) is 9.74. The molecule has 0 atom stereocenters. The second-order valence-electron chi connectivity index (χ2n) is 7.39. The van der Waals surface area contributed by atoms with Crippen LogP contribution in [0.1, 0.15) is 44.1 Å². The number of thiocarbonyl (C=S) groups is 1. The molecule has 1 saturated heterocycles. The summed E-state index contributed by atoms with van der Waals surface area (Å²) in [4.78, 5) is 3.74. The lowest BCUT2D eigenvalue weighted by Gasteiger charge is -2.27. The number of halogens is 1. The van der Waals surface area contributed by atoms with Gasteiger partial charge in [-0.15, -0.1) is 0 Å². The molecule has 1 saturated carbocycles. The highest BCUT2D eigenvalue weighted by molar-refractivity contribution is 8.25. The molecule has 1 nitrogen and oxygen atoms in total. The Morgan fingerprint density at radius 3 is 2.41 bits per heavy atom. The van der Waals surface area contributed by atoms with E-state index in [0.29, 0.717) is 6.04 Å².